The second kappa shape index (κ2) is 5.76. The average molecular weight is 178 g/mol. The highest BCUT2D eigenvalue weighted by atomic mass is 15.1. The van der Waals surface area contributed by atoms with E-state index in [2.05, 4.69) is 44.2 Å². The fourth-order valence-electron chi connectivity index (χ4n) is 1.69. The summed E-state index contributed by atoms with van der Waals surface area (Å²) < 4.78 is 0. The monoisotopic (exact) mass is 178 g/mol. The van der Waals surface area contributed by atoms with Gasteiger partial charge in [0.15, 0.2) is 0 Å². The van der Waals surface area contributed by atoms with Gasteiger partial charge in [0.2, 0.25) is 0 Å². The van der Waals surface area contributed by atoms with Gasteiger partial charge in [0.1, 0.15) is 5.69 Å². The van der Waals surface area contributed by atoms with Crippen molar-refractivity contribution < 1.29 is 4.90 Å². The quantitative estimate of drug-likeness (QED) is 0.703. The zero-order chi connectivity index (χ0) is 9.52. The van der Waals surface area contributed by atoms with Crippen molar-refractivity contribution in [1.82, 2.24) is 0 Å². The fourth-order valence-corrected chi connectivity index (χ4v) is 1.69. The van der Waals surface area contributed by atoms with Crippen LogP contribution in [0.5, 0.6) is 0 Å². The molecule has 0 radical (unpaired) electrons. The van der Waals surface area contributed by atoms with Gasteiger partial charge < -0.3 is 4.90 Å². The van der Waals surface area contributed by atoms with Crippen LogP contribution < -0.4 is 4.90 Å². The molecule has 0 heterocycles. The largest absolute Gasteiger partial charge is 0.303 e. The first-order valence-electron chi connectivity index (χ1n) is 5.28. The Kier molecular flexibility index (Phi) is 4.55. The van der Waals surface area contributed by atoms with Crippen molar-refractivity contribution in [2.24, 2.45) is 0 Å². The molecular weight excluding hydrogens is 158 g/mol. The minimum absolute atomic E-state index is 1.25. The molecule has 0 bridgehead atoms. The third kappa shape index (κ3) is 3.19. The number of para-hydroxylation sites is 1. The highest BCUT2D eigenvalue weighted by Gasteiger charge is 2.07. The van der Waals surface area contributed by atoms with Crippen LogP contribution in [0.2, 0.25) is 0 Å². The van der Waals surface area contributed by atoms with Gasteiger partial charge in [-0.1, -0.05) is 32.0 Å². The molecule has 0 aromatic heterocycles. The lowest BCUT2D eigenvalue weighted by atomic mass is 10.2. The van der Waals surface area contributed by atoms with Crippen molar-refractivity contribution in [3.63, 3.8) is 0 Å². The summed E-state index contributed by atoms with van der Waals surface area (Å²) in [5.74, 6) is 0. The number of hydrogen-bond donors (Lipinski definition) is 1. The molecule has 1 heteroatoms. The fraction of sp³-hybridized carbons (Fsp3) is 0.500. The lowest BCUT2D eigenvalue weighted by Gasteiger charge is -2.17. The highest BCUT2D eigenvalue weighted by molar-refractivity contribution is 5.27. The number of hydrogen-bond acceptors (Lipinski definition) is 0. The van der Waals surface area contributed by atoms with Gasteiger partial charge in [0.05, 0.1) is 13.1 Å². The Balaban J connectivity index is 2.64. The molecule has 1 aromatic rings. The van der Waals surface area contributed by atoms with Crippen LogP contribution in [0.15, 0.2) is 30.3 Å². The smallest absolute Gasteiger partial charge is 0.131 e. The van der Waals surface area contributed by atoms with E-state index in [0.29, 0.717) is 0 Å². The van der Waals surface area contributed by atoms with Gasteiger partial charge in [-0.3, -0.25) is 0 Å². The van der Waals surface area contributed by atoms with Crippen molar-refractivity contribution in [2.45, 2.75) is 26.7 Å². The summed E-state index contributed by atoms with van der Waals surface area (Å²) in [7, 11) is 0. The molecule has 1 nitrogen and oxygen atoms in total. The lowest BCUT2D eigenvalue weighted by molar-refractivity contribution is -0.832. The van der Waals surface area contributed by atoms with Crippen molar-refractivity contribution in [2.75, 3.05) is 13.1 Å². The Bertz CT molecular complexity index is 212. The van der Waals surface area contributed by atoms with Gasteiger partial charge in [-0.2, -0.15) is 0 Å². The Hall–Kier alpha value is -0.820. The summed E-state index contributed by atoms with van der Waals surface area (Å²) in [6, 6.07) is 10.8. The van der Waals surface area contributed by atoms with Crippen molar-refractivity contribution >= 4 is 5.69 Å². The standard InChI is InChI=1S/C12H19N/c1-3-10-13(11-4-2)12-8-6-5-7-9-12/h5-9H,3-4,10-11H2,1-2H3/p+1. The summed E-state index contributed by atoms with van der Waals surface area (Å²) in [6.45, 7) is 6.99. The van der Waals surface area contributed by atoms with Crippen LogP contribution in [0.25, 0.3) is 0 Å². The van der Waals surface area contributed by atoms with E-state index in [1.807, 2.05) is 0 Å². The summed E-state index contributed by atoms with van der Waals surface area (Å²) >= 11 is 0. The third-order valence-corrected chi connectivity index (χ3v) is 2.29. The summed E-state index contributed by atoms with van der Waals surface area (Å²) in [4.78, 5) is 1.62. The van der Waals surface area contributed by atoms with E-state index in [-0.39, 0.29) is 0 Å². The molecule has 0 saturated heterocycles. The van der Waals surface area contributed by atoms with Crippen molar-refractivity contribution in [3.8, 4) is 0 Å². The second-order valence-corrected chi connectivity index (χ2v) is 3.47. The molecule has 0 aliphatic rings. The van der Waals surface area contributed by atoms with E-state index < -0.39 is 0 Å². The van der Waals surface area contributed by atoms with Crippen LogP contribution in [0.4, 0.5) is 5.69 Å². The maximum absolute atomic E-state index is 2.25. The molecule has 0 aliphatic carbocycles. The maximum atomic E-state index is 2.25. The van der Waals surface area contributed by atoms with Gasteiger partial charge in [0, 0.05) is 0 Å². The van der Waals surface area contributed by atoms with Gasteiger partial charge in [0.25, 0.3) is 0 Å². The number of rotatable bonds is 5. The minimum atomic E-state index is 1.25. The van der Waals surface area contributed by atoms with Crippen molar-refractivity contribution in [3.05, 3.63) is 30.3 Å². The van der Waals surface area contributed by atoms with Crippen LogP contribution in [0, 0.1) is 0 Å². The molecular formula is C12H20N+. The first kappa shape index (κ1) is 10.3. The molecule has 0 aliphatic heterocycles. The van der Waals surface area contributed by atoms with Crippen LogP contribution in [0.3, 0.4) is 0 Å². The van der Waals surface area contributed by atoms with E-state index in [1.165, 1.54) is 31.6 Å². The molecule has 1 aromatic carbocycles. The lowest BCUT2D eigenvalue weighted by Crippen LogP contribution is -3.07. The Morgan fingerprint density at radius 1 is 0.923 bits per heavy atom. The maximum Gasteiger partial charge on any atom is 0.131 e. The first-order chi connectivity index (χ1) is 6.38. The van der Waals surface area contributed by atoms with Crippen molar-refractivity contribution in [1.29, 1.82) is 0 Å². The molecule has 13 heavy (non-hydrogen) atoms. The van der Waals surface area contributed by atoms with E-state index in [1.54, 1.807) is 4.90 Å². The molecule has 1 N–H and O–H groups in total. The van der Waals surface area contributed by atoms with E-state index in [9.17, 15) is 0 Å². The molecule has 0 saturated carbocycles. The Morgan fingerprint density at radius 2 is 1.46 bits per heavy atom. The summed E-state index contributed by atoms with van der Waals surface area (Å²) in [6.07, 6.45) is 2.51. The number of benzene rings is 1. The number of quaternary nitrogens is 1. The van der Waals surface area contributed by atoms with Gasteiger partial charge in [-0.25, -0.2) is 0 Å². The molecule has 0 unspecified atom stereocenters. The third-order valence-electron chi connectivity index (χ3n) is 2.29. The molecule has 0 spiro atoms. The minimum Gasteiger partial charge on any atom is -0.303 e. The topological polar surface area (TPSA) is 4.44 Å². The SMILES string of the molecule is CCC[NH+](CCC)c1ccccc1. The normalized spacial score (nSPS) is 10.7. The van der Waals surface area contributed by atoms with E-state index >= 15 is 0 Å². The molecule has 0 fully saturated rings. The van der Waals surface area contributed by atoms with Gasteiger partial charge in [-0.05, 0) is 25.0 Å². The first-order valence-corrected chi connectivity index (χ1v) is 5.28. The molecule has 1 rings (SSSR count). The average Bonchev–Trinajstić information content (AvgIpc) is 2.19. The van der Waals surface area contributed by atoms with Crippen LogP contribution in [-0.2, 0) is 0 Å². The highest BCUT2D eigenvalue weighted by Crippen LogP contribution is 1.98. The predicted molar refractivity (Wildman–Crippen MR) is 57.4 cm³/mol. The van der Waals surface area contributed by atoms with Crippen LogP contribution >= 0.6 is 0 Å². The zero-order valence-electron chi connectivity index (χ0n) is 8.72. The van der Waals surface area contributed by atoms with E-state index in [0.717, 1.165) is 0 Å². The van der Waals surface area contributed by atoms with Crippen LogP contribution in [-0.4, -0.2) is 13.1 Å². The Labute approximate surface area is 81.4 Å². The molecule has 0 amide bonds. The van der Waals surface area contributed by atoms with Crippen LogP contribution in [0.1, 0.15) is 26.7 Å². The predicted octanol–water partition coefficient (Wildman–Crippen LogP) is 2.02. The summed E-state index contributed by atoms with van der Waals surface area (Å²) in [5.41, 5.74) is 1.44. The molecule has 0 atom stereocenters. The zero-order valence-corrected chi connectivity index (χ0v) is 8.72. The van der Waals surface area contributed by atoms with Gasteiger partial charge >= 0.3 is 0 Å². The Morgan fingerprint density at radius 3 is 1.92 bits per heavy atom. The number of nitrogens with one attached hydrogen (secondary N) is 1. The van der Waals surface area contributed by atoms with E-state index in [4.69, 9.17) is 0 Å². The van der Waals surface area contributed by atoms with Gasteiger partial charge in [-0.15, -0.1) is 0 Å². The molecule has 72 valence electrons. The summed E-state index contributed by atoms with van der Waals surface area (Å²) in [5, 5.41) is 0. The second-order valence-electron chi connectivity index (χ2n) is 3.47.